The van der Waals surface area contributed by atoms with Gasteiger partial charge in [0, 0.05) is 37.4 Å². The van der Waals surface area contributed by atoms with Crippen LogP contribution in [0.25, 0.3) is 16.7 Å². The average Bonchev–Trinajstić information content (AvgIpc) is 3.21. The van der Waals surface area contributed by atoms with Crippen LogP contribution in [0.4, 0.5) is 11.4 Å². The van der Waals surface area contributed by atoms with Gasteiger partial charge in [0.15, 0.2) is 0 Å². The van der Waals surface area contributed by atoms with Gasteiger partial charge in [-0.3, -0.25) is 19.7 Å². The van der Waals surface area contributed by atoms with E-state index in [0.29, 0.717) is 17.4 Å². The van der Waals surface area contributed by atoms with Crippen LogP contribution in [0.2, 0.25) is 0 Å². The van der Waals surface area contributed by atoms with Crippen LogP contribution in [0.15, 0.2) is 67.5 Å². The predicted octanol–water partition coefficient (Wildman–Crippen LogP) is 3.34. The molecule has 0 amide bonds. The van der Waals surface area contributed by atoms with Crippen molar-refractivity contribution in [1.29, 1.82) is 0 Å². The molecule has 0 saturated heterocycles. The van der Waals surface area contributed by atoms with Gasteiger partial charge in [0.1, 0.15) is 17.7 Å². The van der Waals surface area contributed by atoms with E-state index in [1.807, 2.05) is 22.9 Å². The molecule has 1 N–H and O–H groups in total. The Morgan fingerprint density at radius 3 is 2.77 bits per heavy atom. The van der Waals surface area contributed by atoms with Crippen molar-refractivity contribution < 1.29 is 4.92 Å². The zero-order valence-corrected chi connectivity index (χ0v) is 13.6. The summed E-state index contributed by atoms with van der Waals surface area (Å²) < 4.78 is 1.82. The molecule has 4 rings (SSSR count). The Bertz CT molecular complexity index is 1060. The van der Waals surface area contributed by atoms with E-state index < -0.39 is 4.92 Å². The van der Waals surface area contributed by atoms with Crippen LogP contribution in [-0.4, -0.2) is 24.4 Å². The molecule has 1 aromatic carbocycles. The highest BCUT2D eigenvalue weighted by molar-refractivity contribution is 5.96. The van der Waals surface area contributed by atoms with Crippen LogP contribution in [-0.2, 0) is 6.54 Å². The average molecular weight is 346 g/mol. The SMILES string of the molecule is O=[N+]([O-])c1ccc(NCc2ccc(-n3ccnc3)nc2)c2ncccc12. The van der Waals surface area contributed by atoms with Crippen LogP contribution < -0.4 is 5.32 Å². The van der Waals surface area contributed by atoms with Crippen LogP contribution in [0.1, 0.15) is 5.56 Å². The molecule has 8 nitrogen and oxygen atoms in total. The van der Waals surface area contributed by atoms with Gasteiger partial charge in [-0.2, -0.15) is 0 Å². The summed E-state index contributed by atoms with van der Waals surface area (Å²) in [5.74, 6) is 0.786. The van der Waals surface area contributed by atoms with E-state index in [9.17, 15) is 10.1 Å². The summed E-state index contributed by atoms with van der Waals surface area (Å²) in [6.45, 7) is 0.528. The van der Waals surface area contributed by atoms with Gasteiger partial charge in [0.05, 0.1) is 16.0 Å². The topological polar surface area (TPSA) is 98.8 Å². The van der Waals surface area contributed by atoms with Crippen LogP contribution in [0, 0.1) is 10.1 Å². The lowest BCUT2D eigenvalue weighted by Crippen LogP contribution is -2.03. The van der Waals surface area contributed by atoms with E-state index in [2.05, 4.69) is 20.3 Å². The largest absolute Gasteiger partial charge is 0.379 e. The molecule has 0 bridgehead atoms. The third-order valence-corrected chi connectivity index (χ3v) is 4.00. The van der Waals surface area contributed by atoms with Crippen molar-refractivity contribution in [2.45, 2.75) is 6.54 Å². The summed E-state index contributed by atoms with van der Waals surface area (Å²) in [6, 6.07) is 10.4. The number of anilines is 1. The molecular weight excluding hydrogens is 332 g/mol. The molecule has 128 valence electrons. The van der Waals surface area contributed by atoms with Crippen LogP contribution in [0.5, 0.6) is 0 Å². The number of hydrogen-bond donors (Lipinski definition) is 1. The van der Waals surface area contributed by atoms with Gasteiger partial charge < -0.3 is 5.32 Å². The highest BCUT2D eigenvalue weighted by Gasteiger charge is 2.14. The molecule has 0 saturated carbocycles. The van der Waals surface area contributed by atoms with Crippen molar-refractivity contribution in [3.05, 3.63) is 83.2 Å². The molecule has 0 aliphatic carbocycles. The molecule has 0 spiro atoms. The monoisotopic (exact) mass is 346 g/mol. The van der Waals surface area contributed by atoms with E-state index in [4.69, 9.17) is 0 Å². The maximum absolute atomic E-state index is 11.2. The number of aromatic nitrogens is 4. The van der Waals surface area contributed by atoms with Gasteiger partial charge in [0.2, 0.25) is 0 Å². The van der Waals surface area contributed by atoms with Crippen molar-refractivity contribution in [2.24, 2.45) is 0 Å². The first-order valence-corrected chi connectivity index (χ1v) is 7.91. The summed E-state index contributed by atoms with van der Waals surface area (Å²) in [6.07, 6.45) is 8.62. The van der Waals surface area contributed by atoms with Gasteiger partial charge in [-0.15, -0.1) is 0 Å². The third-order valence-electron chi connectivity index (χ3n) is 4.00. The zero-order chi connectivity index (χ0) is 17.9. The summed E-state index contributed by atoms with van der Waals surface area (Å²) in [4.78, 5) is 23.5. The molecule has 0 atom stereocenters. The number of nitro benzene ring substituents is 1. The van der Waals surface area contributed by atoms with Gasteiger partial charge >= 0.3 is 0 Å². The minimum absolute atomic E-state index is 0.0463. The Hall–Kier alpha value is -3.81. The number of imidazole rings is 1. The van der Waals surface area contributed by atoms with Crippen molar-refractivity contribution >= 4 is 22.3 Å². The molecule has 0 aliphatic rings. The van der Waals surface area contributed by atoms with Crippen molar-refractivity contribution in [3.8, 4) is 5.82 Å². The van der Waals surface area contributed by atoms with Crippen molar-refractivity contribution in [3.63, 3.8) is 0 Å². The number of benzene rings is 1. The lowest BCUT2D eigenvalue weighted by Gasteiger charge is -2.10. The maximum atomic E-state index is 11.2. The van der Waals surface area contributed by atoms with Crippen molar-refractivity contribution in [2.75, 3.05) is 5.32 Å². The van der Waals surface area contributed by atoms with E-state index in [0.717, 1.165) is 17.1 Å². The third kappa shape index (κ3) is 2.95. The number of fused-ring (bicyclic) bond motifs is 1. The minimum Gasteiger partial charge on any atom is -0.379 e. The first-order chi connectivity index (χ1) is 12.7. The van der Waals surface area contributed by atoms with Gasteiger partial charge in [-0.05, 0) is 29.8 Å². The fraction of sp³-hybridized carbons (Fsp3) is 0.0556. The smallest absolute Gasteiger partial charge is 0.278 e. The Morgan fingerprint density at radius 2 is 2.04 bits per heavy atom. The normalized spacial score (nSPS) is 10.8. The summed E-state index contributed by atoms with van der Waals surface area (Å²) in [5.41, 5.74) is 2.34. The second kappa shape index (κ2) is 6.60. The zero-order valence-electron chi connectivity index (χ0n) is 13.6. The molecule has 0 aliphatic heterocycles. The molecule has 3 heterocycles. The molecule has 0 radical (unpaired) electrons. The number of nitrogens with zero attached hydrogens (tertiary/aromatic N) is 5. The number of pyridine rings is 2. The summed E-state index contributed by atoms with van der Waals surface area (Å²) in [5, 5.41) is 15.0. The highest BCUT2D eigenvalue weighted by atomic mass is 16.6. The second-order valence-electron chi connectivity index (χ2n) is 5.64. The quantitative estimate of drug-likeness (QED) is 0.439. The summed E-state index contributed by atoms with van der Waals surface area (Å²) >= 11 is 0. The Kier molecular flexibility index (Phi) is 3.98. The molecule has 4 aromatic rings. The number of nitro groups is 1. The molecule has 0 unspecified atom stereocenters. The van der Waals surface area contributed by atoms with E-state index in [1.54, 1.807) is 43.1 Å². The highest BCUT2D eigenvalue weighted by Crippen LogP contribution is 2.29. The van der Waals surface area contributed by atoms with E-state index >= 15 is 0 Å². The van der Waals surface area contributed by atoms with Crippen molar-refractivity contribution in [1.82, 2.24) is 19.5 Å². The predicted molar refractivity (Wildman–Crippen MR) is 97.1 cm³/mol. The maximum Gasteiger partial charge on any atom is 0.278 e. The number of non-ortho nitro benzene ring substituents is 1. The Morgan fingerprint density at radius 1 is 1.12 bits per heavy atom. The minimum atomic E-state index is -0.396. The number of rotatable bonds is 5. The molecular formula is C18H14N6O2. The molecule has 3 aromatic heterocycles. The number of nitrogens with one attached hydrogen (secondary N) is 1. The fourth-order valence-corrected chi connectivity index (χ4v) is 2.73. The van der Waals surface area contributed by atoms with E-state index in [-0.39, 0.29) is 5.69 Å². The van der Waals surface area contributed by atoms with Gasteiger partial charge in [-0.25, -0.2) is 9.97 Å². The molecule has 8 heteroatoms. The molecule has 26 heavy (non-hydrogen) atoms. The molecule has 0 fully saturated rings. The summed E-state index contributed by atoms with van der Waals surface area (Å²) in [7, 11) is 0. The van der Waals surface area contributed by atoms with Crippen LogP contribution >= 0.6 is 0 Å². The number of hydrogen-bond acceptors (Lipinski definition) is 6. The lowest BCUT2D eigenvalue weighted by molar-refractivity contribution is -0.383. The first kappa shape index (κ1) is 15.7. The van der Waals surface area contributed by atoms with E-state index in [1.165, 1.54) is 6.07 Å². The standard InChI is InChI=1S/C18H14N6O2/c25-24(26)16-5-4-15(18-14(16)2-1-7-20-18)21-10-13-3-6-17(22-11-13)23-9-8-19-12-23/h1-9,11-12,21H,10H2. The Labute approximate surface area is 148 Å². The van der Waals surface area contributed by atoms with Gasteiger partial charge in [0.25, 0.3) is 5.69 Å². The van der Waals surface area contributed by atoms with Gasteiger partial charge in [-0.1, -0.05) is 6.07 Å². The fourth-order valence-electron chi connectivity index (χ4n) is 2.73. The lowest BCUT2D eigenvalue weighted by atomic mass is 10.1. The Balaban J connectivity index is 1.57. The van der Waals surface area contributed by atoms with Crippen LogP contribution in [0.3, 0.4) is 0 Å². The first-order valence-electron chi connectivity index (χ1n) is 7.91. The second-order valence-corrected chi connectivity index (χ2v) is 5.64.